The molecule has 2 amide bonds. The molecule has 28 heavy (non-hydrogen) atoms. The van der Waals surface area contributed by atoms with Crippen LogP contribution in [0.5, 0.6) is 0 Å². The summed E-state index contributed by atoms with van der Waals surface area (Å²) in [5.74, 6) is -1.97. The molecular formula is C19H18ClFN2O4S. The van der Waals surface area contributed by atoms with Crippen LogP contribution < -0.4 is 5.32 Å². The molecular weight excluding hydrogens is 407 g/mol. The normalized spacial score (nSPS) is 17.1. The number of nitrogens with one attached hydrogen (secondary N) is 1. The number of hydrogen-bond donors (Lipinski definition) is 1. The van der Waals surface area contributed by atoms with Crippen LogP contribution in [0.2, 0.25) is 5.02 Å². The zero-order valence-corrected chi connectivity index (χ0v) is 16.8. The molecule has 1 aliphatic rings. The third kappa shape index (κ3) is 3.74. The molecule has 9 heteroatoms. The molecule has 2 aromatic carbocycles. The first kappa shape index (κ1) is 20.3. The number of anilines is 1. The first-order chi connectivity index (χ1) is 13.1. The van der Waals surface area contributed by atoms with E-state index in [1.165, 1.54) is 24.3 Å². The largest absolute Gasteiger partial charge is 0.324 e. The molecule has 0 aromatic heterocycles. The van der Waals surface area contributed by atoms with E-state index in [1.807, 2.05) is 6.92 Å². The summed E-state index contributed by atoms with van der Waals surface area (Å²) in [5.41, 5.74) is 1.88. The molecule has 0 aliphatic carbocycles. The monoisotopic (exact) mass is 424 g/mol. The fraction of sp³-hybridized carbons (Fsp3) is 0.263. The van der Waals surface area contributed by atoms with Crippen LogP contribution in [-0.2, 0) is 19.6 Å². The third-order valence-corrected chi connectivity index (χ3v) is 6.80. The van der Waals surface area contributed by atoms with Gasteiger partial charge >= 0.3 is 0 Å². The molecule has 1 saturated heterocycles. The number of rotatable bonds is 4. The summed E-state index contributed by atoms with van der Waals surface area (Å²) in [7, 11) is -4.19. The fourth-order valence-electron chi connectivity index (χ4n) is 2.99. The minimum atomic E-state index is -4.19. The predicted molar refractivity (Wildman–Crippen MR) is 103 cm³/mol. The summed E-state index contributed by atoms with van der Waals surface area (Å²) < 4.78 is 40.0. The summed E-state index contributed by atoms with van der Waals surface area (Å²) in [4.78, 5) is 24.9. The highest BCUT2D eigenvalue weighted by Gasteiger charge is 2.44. The third-order valence-electron chi connectivity index (χ3n) is 4.69. The summed E-state index contributed by atoms with van der Waals surface area (Å²) >= 11 is 5.70. The van der Waals surface area contributed by atoms with Crippen molar-refractivity contribution in [1.82, 2.24) is 4.31 Å². The van der Waals surface area contributed by atoms with Gasteiger partial charge in [-0.25, -0.2) is 17.1 Å². The van der Waals surface area contributed by atoms with Crippen LogP contribution in [0.1, 0.15) is 24.0 Å². The van der Waals surface area contributed by atoms with Crippen molar-refractivity contribution in [1.29, 1.82) is 0 Å². The molecule has 0 saturated carbocycles. The lowest BCUT2D eigenvalue weighted by Crippen LogP contribution is -2.45. The number of halogens is 2. The number of nitrogens with zero attached hydrogens (tertiary/aromatic N) is 1. The SMILES string of the molecule is Cc1ccc(S(=O)(=O)N2C(=O)CC[C@@H]2C(=O)Nc2ccc(F)c(Cl)c2)cc1C. The van der Waals surface area contributed by atoms with E-state index in [2.05, 4.69) is 5.32 Å². The molecule has 1 heterocycles. The van der Waals surface area contributed by atoms with Gasteiger partial charge in [0.2, 0.25) is 11.8 Å². The molecule has 1 fully saturated rings. The highest BCUT2D eigenvalue weighted by atomic mass is 35.5. The van der Waals surface area contributed by atoms with Gasteiger partial charge in [-0.1, -0.05) is 17.7 Å². The summed E-state index contributed by atoms with van der Waals surface area (Å²) in [6.07, 6.45) is -0.00397. The van der Waals surface area contributed by atoms with Crippen molar-refractivity contribution in [3.8, 4) is 0 Å². The van der Waals surface area contributed by atoms with Crippen LogP contribution in [0.4, 0.5) is 10.1 Å². The number of carbonyl (C=O) groups is 2. The van der Waals surface area contributed by atoms with Crippen LogP contribution in [0.25, 0.3) is 0 Å². The molecule has 0 spiro atoms. The lowest BCUT2D eigenvalue weighted by atomic mass is 10.1. The van der Waals surface area contributed by atoms with Crippen molar-refractivity contribution in [2.24, 2.45) is 0 Å². The van der Waals surface area contributed by atoms with E-state index in [4.69, 9.17) is 11.6 Å². The van der Waals surface area contributed by atoms with Crippen molar-refractivity contribution in [2.75, 3.05) is 5.32 Å². The molecule has 3 rings (SSSR count). The molecule has 1 N–H and O–H groups in total. The van der Waals surface area contributed by atoms with Gasteiger partial charge in [0.1, 0.15) is 11.9 Å². The van der Waals surface area contributed by atoms with E-state index in [9.17, 15) is 22.4 Å². The Labute approximate surface area is 167 Å². The number of amides is 2. The number of sulfonamides is 1. The Morgan fingerprint density at radius 2 is 1.89 bits per heavy atom. The summed E-state index contributed by atoms with van der Waals surface area (Å²) in [6.45, 7) is 3.61. The smallest absolute Gasteiger partial charge is 0.267 e. The minimum absolute atomic E-state index is 0.0477. The van der Waals surface area contributed by atoms with Gasteiger partial charge in [-0.2, -0.15) is 0 Å². The minimum Gasteiger partial charge on any atom is -0.324 e. The Hall–Kier alpha value is -2.45. The zero-order chi connectivity index (χ0) is 20.6. The first-order valence-corrected chi connectivity index (χ1v) is 10.3. The van der Waals surface area contributed by atoms with Gasteiger partial charge in [-0.05, 0) is 61.7 Å². The van der Waals surface area contributed by atoms with E-state index in [0.29, 0.717) is 4.31 Å². The molecule has 0 bridgehead atoms. The van der Waals surface area contributed by atoms with Gasteiger partial charge in [-0.15, -0.1) is 0 Å². The van der Waals surface area contributed by atoms with Gasteiger partial charge in [0.05, 0.1) is 9.92 Å². The second-order valence-corrected chi connectivity index (χ2v) is 8.84. The second-order valence-electron chi connectivity index (χ2n) is 6.61. The average Bonchev–Trinajstić information content (AvgIpc) is 3.03. The van der Waals surface area contributed by atoms with Crippen molar-refractivity contribution < 1.29 is 22.4 Å². The fourth-order valence-corrected chi connectivity index (χ4v) is 4.86. The van der Waals surface area contributed by atoms with Crippen molar-refractivity contribution >= 4 is 39.1 Å². The highest BCUT2D eigenvalue weighted by Crippen LogP contribution is 2.29. The Morgan fingerprint density at radius 3 is 2.54 bits per heavy atom. The number of carbonyl (C=O) groups excluding carboxylic acids is 2. The quantitative estimate of drug-likeness (QED) is 0.815. The van der Waals surface area contributed by atoms with E-state index in [0.717, 1.165) is 17.2 Å². The Bertz CT molecular complexity index is 1070. The van der Waals surface area contributed by atoms with E-state index >= 15 is 0 Å². The molecule has 0 radical (unpaired) electrons. The maximum absolute atomic E-state index is 13.3. The van der Waals surface area contributed by atoms with Crippen LogP contribution >= 0.6 is 11.6 Å². The van der Waals surface area contributed by atoms with Gasteiger partial charge in [0.15, 0.2) is 0 Å². The molecule has 2 aromatic rings. The van der Waals surface area contributed by atoms with Crippen LogP contribution in [0.3, 0.4) is 0 Å². The van der Waals surface area contributed by atoms with Crippen molar-refractivity contribution in [3.05, 3.63) is 58.4 Å². The molecule has 0 unspecified atom stereocenters. The van der Waals surface area contributed by atoms with Crippen LogP contribution in [-0.4, -0.2) is 30.6 Å². The van der Waals surface area contributed by atoms with Crippen LogP contribution in [0.15, 0.2) is 41.3 Å². The highest BCUT2D eigenvalue weighted by molar-refractivity contribution is 7.89. The van der Waals surface area contributed by atoms with Crippen molar-refractivity contribution in [3.63, 3.8) is 0 Å². The lowest BCUT2D eigenvalue weighted by Gasteiger charge is -2.24. The van der Waals surface area contributed by atoms with Crippen molar-refractivity contribution in [2.45, 2.75) is 37.6 Å². The Balaban J connectivity index is 1.90. The number of aryl methyl sites for hydroxylation is 2. The molecule has 1 aliphatic heterocycles. The lowest BCUT2D eigenvalue weighted by molar-refractivity contribution is -0.128. The maximum atomic E-state index is 13.3. The van der Waals surface area contributed by atoms with E-state index in [1.54, 1.807) is 13.0 Å². The average molecular weight is 425 g/mol. The van der Waals surface area contributed by atoms with Gasteiger partial charge in [-0.3, -0.25) is 9.59 Å². The summed E-state index contributed by atoms with van der Waals surface area (Å²) in [6, 6.07) is 6.96. The number of hydrogen-bond acceptors (Lipinski definition) is 4. The van der Waals surface area contributed by atoms with Gasteiger partial charge < -0.3 is 5.32 Å². The number of benzene rings is 2. The van der Waals surface area contributed by atoms with E-state index in [-0.39, 0.29) is 28.4 Å². The maximum Gasteiger partial charge on any atom is 0.267 e. The van der Waals surface area contributed by atoms with Gasteiger partial charge in [0, 0.05) is 12.1 Å². The second kappa shape index (κ2) is 7.52. The summed E-state index contributed by atoms with van der Waals surface area (Å²) in [5, 5.41) is 2.32. The molecule has 6 nitrogen and oxygen atoms in total. The predicted octanol–water partition coefficient (Wildman–Crippen LogP) is 3.41. The van der Waals surface area contributed by atoms with Gasteiger partial charge in [0.25, 0.3) is 10.0 Å². The molecule has 148 valence electrons. The zero-order valence-electron chi connectivity index (χ0n) is 15.2. The standard InChI is InChI=1S/C19H18ClFN2O4S/c1-11-3-5-14(9-12(11)2)28(26,27)23-17(7-8-18(23)24)19(25)22-13-4-6-16(21)15(20)10-13/h3-6,9-10,17H,7-8H2,1-2H3,(H,22,25)/t17-/m1/s1. The topological polar surface area (TPSA) is 83.6 Å². The Morgan fingerprint density at radius 1 is 1.18 bits per heavy atom. The van der Waals surface area contributed by atoms with E-state index < -0.39 is 33.7 Å². The Kier molecular flexibility index (Phi) is 5.45. The first-order valence-electron chi connectivity index (χ1n) is 8.51. The molecule has 1 atom stereocenters. The van der Waals surface area contributed by atoms with Crippen LogP contribution in [0, 0.1) is 19.7 Å².